The summed E-state index contributed by atoms with van der Waals surface area (Å²) < 4.78 is 29.8. The monoisotopic (exact) mass is 334 g/mol. The topological polar surface area (TPSA) is 129 Å². The largest absolute Gasteiger partial charge is 1.00 e. The van der Waals surface area contributed by atoms with E-state index in [9.17, 15) is 27.7 Å². The molecule has 0 saturated heterocycles. The van der Waals surface area contributed by atoms with Crippen molar-refractivity contribution in [3.05, 3.63) is 0 Å². The van der Waals surface area contributed by atoms with Gasteiger partial charge in [0.25, 0.3) is 10.1 Å². The van der Waals surface area contributed by atoms with Crippen molar-refractivity contribution in [3.63, 3.8) is 0 Å². The second-order valence-electron chi connectivity index (χ2n) is 4.84. The van der Waals surface area contributed by atoms with E-state index in [4.69, 9.17) is 5.11 Å². The Morgan fingerprint density at radius 1 is 1.19 bits per heavy atom. The normalized spacial score (nSPS) is 15.6. The van der Waals surface area contributed by atoms with Gasteiger partial charge in [-0.25, -0.2) is 0 Å². The summed E-state index contributed by atoms with van der Waals surface area (Å²) in [5.74, 6) is -4.33. The molecule has 0 aromatic heterocycles. The van der Waals surface area contributed by atoms with Crippen LogP contribution in [0.15, 0.2) is 0 Å². The molecule has 0 radical (unpaired) electrons. The molecule has 0 rings (SSSR count). The van der Waals surface area contributed by atoms with Gasteiger partial charge in [0, 0.05) is 0 Å². The third kappa shape index (κ3) is 5.86. The average Bonchev–Trinajstić information content (AvgIpc) is 2.30. The van der Waals surface area contributed by atoms with Gasteiger partial charge in [-0.3, -0.25) is 14.1 Å². The molecule has 9 heteroatoms. The standard InChI is InChI=1S/C12H22O7S.Na.H/c1-3-5-6-7-9(4-2)12(11(15)16,8-10(13)14)20(17,18)19;;/h9H,3-8H2,1-2H3,(H,13,14)(H,15,16)(H,17,18,19);;/q;+1;-1. The Morgan fingerprint density at radius 2 is 1.71 bits per heavy atom. The number of aliphatic carboxylic acids is 2. The van der Waals surface area contributed by atoms with E-state index in [-0.39, 0.29) is 43.8 Å². The van der Waals surface area contributed by atoms with Crippen molar-refractivity contribution >= 4 is 22.1 Å². The molecule has 3 N–H and O–H groups in total. The zero-order valence-electron chi connectivity index (χ0n) is 13.7. The molecule has 0 aliphatic heterocycles. The van der Waals surface area contributed by atoms with Crippen LogP contribution in [0, 0.1) is 5.92 Å². The molecule has 0 bridgehead atoms. The summed E-state index contributed by atoms with van der Waals surface area (Å²) >= 11 is 0. The Balaban J connectivity index is -0.00000180. The van der Waals surface area contributed by atoms with Crippen LogP contribution in [0.3, 0.4) is 0 Å². The predicted molar refractivity (Wildman–Crippen MR) is 73.2 cm³/mol. The maximum Gasteiger partial charge on any atom is 1.00 e. The smallest absolute Gasteiger partial charge is 1.00 e. The molecule has 0 aliphatic rings. The van der Waals surface area contributed by atoms with Crippen LogP contribution in [0.2, 0.25) is 0 Å². The molecule has 7 nitrogen and oxygen atoms in total. The van der Waals surface area contributed by atoms with Crippen molar-refractivity contribution in [2.75, 3.05) is 0 Å². The summed E-state index contributed by atoms with van der Waals surface area (Å²) in [4.78, 5) is 22.3. The third-order valence-corrected chi connectivity index (χ3v) is 5.12. The van der Waals surface area contributed by atoms with Gasteiger partial charge in [0.2, 0.25) is 4.75 Å². The summed E-state index contributed by atoms with van der Waals surface area (Å²) in [6.07, 6.45) is 1.48. The van der Waals surface area contributed by atoms with E-state index in [0.717, 1.165) is 12.8 Å². The Morgan fingerprint density at radius 3 is 2.00 bits per heavy atom. The molecule has 2 unspecified atom stereocenters. The van der Waals surface area contributed by atoms with Crippen LogP contribution in [0.1, 0.15) is 53.8 Å². The number of rotatable bonds is 10. The van der Waals surface area contributed by atoms with Crippen LogP contribution < -0.4 is 29.6 Å². The van der Waals surface area contributed by atoms with E-state index in [2.05, 4.69) is 0 Å². The second kappa shape index (κ2) is 9.78. The number of carboxylic acid groups (broad SMARTS) is 2. The number of carboxylic acids is 2. The molecule has 21 heavy (non-hydrogen) atoms. The van der Waals surface area contributed by atoms with E-state index in [1.165, 1.54) is 0 Å². The summed E-state index contributed by atoms with van der Waals surface area (Å²) in [5, 5.41) is 18.1. The first kappa shape index (κ1) is 23.1. The Labute approximate surface area is 148 Å². The van der Waals surface area contributed by atoms with Crippen LogP contribution in [0.4, 0.5) is 0 Å². The average molecular weight is 334 g/mol. The quantitative estimate of drug-likeness (QED) is 0.262. The van der Waals surface area contributed by atoms with Crippen molar-refractivity contribution in [1.29, 1.82) is 0 Å². The van der Waals surface area contributed by atoms with Crippen LogP contribution in [-0.4, -0.2) is 39.9 Å². The molecule has 0 aromatic carbocycles. The van der Waals surface area contributed by atoms with Gasteiger partial charge in [-0.2, -0.15) is 8.42 Å². The Kier molecular flexibility index (Phi) is 10.8. The zero-order chi connectivity index (χ0) is 16.0. The van der Waals surface area contributed by atoms with Crippen LogP contribution in [0.5, 0.6) is 0 Å². The van der Waals surface area contributed by atoms with Crippen LogP contribution in [0.25, 0.3) is 0 Å². The van der Waals surface area contributed by atoms with E-state index in [0.29, 0.717) is 6.42 Å². The first-order valence-corrected chi connectivity index (χ1v) is 7.99. The van der Waals surface area contributed by atoms with Gasteiger partial charge in [0.1, 0.15) is 0 Å². The number of hydrogen-bond donors (Lipinski definition) is 3. The predicted octanol–water partition coefficient (Wildman–Crippen LogP) is -1.10. The molecule has 0 saturated carbocycles. The molecule has 0 fully saturated rings. The summed E-state index contributed by atoms with van der Waals surface area (Å²) in [7, 11) is -5.05. The van der Waals surface area contributed by atoms with Crippen molar-refractivity contribution in [2.24, 2.45) is 5.92 Å². The van der Waals surface area contributed by atoms with Gasteiger partial charge in [-0.1, -0.05) is 39.5 Å². The molecule has 0 spiro atoms. The second-order valence-corrected chi connectivity index (χ2v) is 6.52. The first-order valence-electron chi connectivity index (χ1n) is 6.55. The van der Waals surface area contributed by atoms with Crippen molar-refractivity contribution in [3.8, 4) is 0 Å². The number of carbonyl (C=O) groups is 2. The zero-order valence-corrected chi connectivity index (χ0v) is 15.5. The van der Waals surface area contributed by atoms with Gasteiger partial charge >= 0.3 is 41.5 Å². The fourth-order valence-electron chi connectivity index (χ4n) is 2.44. The number of unbranched alkanes of at least 4 members (excludes halogenated alkanes) is 2. The first-order chi connectivity index (χ1) is 9.13. The minimum Gasteiger partial charge on any atom is -1.00 e. The molecular formula is C12H23NaO7S. The SMILES string of the molecule is CCCCCC(CC)C(CC(=O)O)(C(=O)O)S(=O)(=O)O.[H-].[Na+]. The molecule has 120 valence electrons. The van der Waals surface area contributed by atoms with Crippen molar-refractivity contribution < 1.29 is 63.8 Å². The fourth-order valence-corrected chi connectivity index (χ4v) is 3.67. The number of hydrogen-bond acceptors (Lipinski definition) is 4. The molecular weight excluding hydrogens is 311 g/mol. The van der Waals surface area contributed by atoms with E-state index >= 15 is 0 Å². The Bertz CT molecular complexity index is 454. The minimum atomic E-state index is -5.05. The van der Waals surface area contributed by atoms with Gasteiger partial charge in [0.05, 0.1) is 6.42 Å². The molecule has 0 aromatic rings. The van der Waals surface area contributed by atoms with Gasteiger partial charge < -0.3 is 11.6 Å². The summed E-state index contributed by atoms with van der Waals surface area (Å²) in [5.41, 5.74) is 0. The van der Waals surface area contributed by atoms with E-state index in [1.807, 2.05) is 6.92 Å². The van der Waals surface area contributed by atoms with Gasteiger partial charge in [0.15, 0.2) is 0 Å². The molecule has 0 aliphatic carbocycles. The molecule has 2 atom stereocenters. The molecule has 0 amide bonds. The third-order valence-electron chi connectivity index (χ3n) is 3.54. The van der Waals surface area contributed by atoms with Crippen molar-refractivity contribution in [1.82, 2.24) is 0 Å². The summed E-state index contributed by atoms with van der Waals surface area (Å²) in [6.45, 7) is 3.52. The maximum absolute atomic E-state index is 11.6. The van der Waals surface area contributed by atoms with Crippen LogP contribution >= 0.6 is 0 Å². The maximum atomic E-state index is 11.6. The Hall–Kier alpha value is -0.150. The van der Waals surface area contributed by atoms with E-state index < -0.39 is 39.1 Å². The summed E-state index contributed by atoms with van der Waals surface area (Å²) in [6, 6.07) is 0. The van der Waals surface area contributed by atoms with Crippen molar-refractivity contribution in [2.45, 2.75) is 57.1 Å². The van der Waals surface area contributed by atoms with E-state index in [1.54, 1.807) is 6.92 Å². The molecule has 0 heterocycles. The van der Waals surface area contributed by atoms with Crippen LogP contribution in [-0.2, 0) is 19.7 Å². The minimum absolute atomic E-state index is 0. The van der Waals surface area contributed by atoms with Gasteiger partial charge in [-0.05, 0) is 12.3 Å². The van der Waals surface area contributed by atoms with Gasteiger partial charge in [-0.15, -0.1) is 0 Å². The fraction of sp³-hybridized carbons (Fsp3) is 0.833.